The highest BCUT2D eigenvalue weighted by molar-refractivity contribution is 7.81. The minimum absolute atomic E-state index is 0.102. The highest BCUT2D eigenvalue weighted by Gasteiger charge is 2.31. The average molecular weight is 265 g/mol. The molecule has 0 bridgehead atoms. The lowest BCUT2D eigenvalue weighted by Crippen LogP contribution is -2.28. The Morgan fingerprint density at radius 3 is 2.61 bits per heavy atom. The van der Waals surface area contributed by atoms with Crippen LogP contribution in [-0.4, -0.2) is 29.2 Å². The number of thiol groups is 1. The summed E-state index contributed by atoms with van der Waals surface area (Å²) in [6.45, 7) is 5.42. The topological polar surface area (TPSA) is 29.5 Å². The maximum Gasteiger partial charge on any atom is 0.224 e. The van der Waals surface area contributed by atoms with Crippen LogP contribution < -0.4 is 4.74 Å². The zero-order valence-corrected chi connectivity index (χ0v) is 11.7. The van der Waals surface area contributed by atoms with Crippen molar-refractivity contribution < 1.29 is 9.53 Å². The summed E-state index contributed by atoms with van der Waals surface area (Å²) in [6.07, 6.45) is 0.546. The number of rotatable bonds is 4. The molecule has 98 valence electrons. The normalized spacial score (nSPS) is 21.2. The van der Waals surface area contributed by atoms with Crippen LogP contribution in [-0.2, 0) is 4.79 Å². The molecule has 0 radical (unpaired) electrons. The van der Waals surface area contributed by atoms with Crippen LogP contribution in [0.25, 0.3) is 0 Å². The number of carbonyl (C=O) groups excluding carboxylic acids is 1. The lowest BCUT2D eigenvalue weighted by molar-refractivity contribution is -0.129. The summed E-state index contributed by atoms with van der Waals surface area (Å²) in [6, 6.07) is 8.05. The second kappa shape index (κ2) is 5.65. The van der Waals surface area contributed by atoms with Crippen molar-refractivity contribution in [3.05, 3.63) is 29.8 Å². The molecule has 1 amide bonds. The van der Waals surface area contributed by atoms with E-state index in [1.165, 1.54) is 0 Å². The zero-order chi connectivity index (χ0) is 13.1. The van der Waals surface area contributed by atoms with Crippen molar-refractivity contribution in [3.63, 3.8) is 0 Å². The molecule has 0 spiro atoms. The van der Waals surface area contributed by atoms with Crippen LogP contribution in [0.15, 0.2) is 24.3 Å². The van der Waals surface area contributed by atoms with E-state index in [-0.39, 0.29) is 17.2 Å². The first-order chi connectivity index (χ1) is 8.61. The Labute approximate surface area is 114 Å². The molecule has 1 aliphatic heterocycles. The van der Waals surface area contributed by atoms with Crippen LogP contribution in [0.5, 0.6) is 5.75 Å². The Hall–Kier alpha value is -1.16. The van der Waals surface area contributed by atoms with Crippen molar-refractivity contribution >= 4 is 18.5 Å². The van der Waals surface area contributed by atoms with Crippen molar-refractivity contribution in [2.45, 2.75) is 31.6 Å². The number of likely N-dealkylation sites (tertiary alicyclic amines) is 1. The molecular formula is C14H19NO2S. The maximum atomic E-state index is 11.8. The van der Waals surface area contributed by atoms with E-state index in [2.05, 4.69) is 19.6 Å². The van der Waals surface area contributed by atoms with Crippen LogP contribution in [0.3, 0.4) is 0 Å². The summed E-state index contributed by atoms with van der Waals surface area (Å²) < 4.78 is 5.41. The Balaban J connectivity index is 2.08. The van der Waals surface area contributed by atoms with E-state index >= 15 is 0 Å². The molecule has 3 nitrogen and oxygen atoms in total. The van der Waals surface area contributed by atoms with Crippen LogP contribution >= 0.6 is 12.6 Å². The summed E-state index contributed by atoms with van der Waals surface area (Å²) in [5.41, 5.74) is 1.13. The third-order valence-corrected chi connectivity index (χ3v) is 3.62. The molecule has 0 aliphatic carbocycles. The molecule has 1 aliphatic rings. The molecule has 4 heteroatoms. The van der Waals surface area contributed by atoms with Gasteiger partial charge in [0.25, 0.3) is 0 Å². The smallest absolute Gasteiger partial charge is 0.224 e. The Bertz CT molecular complexity index is 418. The van der Waals surface area contributed by atoms with Crippen LogP contribution in [0.1, 0.15) is 31.9 Å². The number of nitrogens with zero attached hydrogens (tertiary/aromatic N) is 1. The number of hydrogen-bond donors (Lipinski definition) is 1. The van der Waals surface area contributed by atoms with Gasteiger partial charge in [0.1, 0.15) is 5.75 Å². The minimum atomic E-state index is 0.102. The van der Waals surface area contributed by atoms with E-state index in [1.807, 2.05) is 36.1 Å². The number of hydrogen-bond acceptors (Lipinski definition) is 3. The lowest BCUT2D eigenvalue weighted by Gasteiger charge is -2.25. The van der Waals surface area contributed by atoms with Gasteiger partial charge in [0, 0.05) is 18.2 Å². The zero-order valence-electron chi connectivity index (χ0n) is 10.8. The monoisotopic (exact) mass is 265 g/mol. The molecule has 1 saturated heterocycles. The fourth-order valence-electron chi connectivity index (χ4n) is 2.28. The largest absolute Gasteiger partial charge is 0.494 e. The number of amides is 1. The first-order valence-corrected chi connectivity index (χ1v) is 6.83. The molecule has 2 atom stereocenters. The third kappa shape index (κ3) is 2.80. The van der Waals surface area contributed by atoms with Gasteiger partial charge in [-0.15, -0.1) is 0 Å². The first-order valence-electron chi connectivity index (χ1n) is 6.32. The predicted molar refractivity (Wildman–Crippen MR) is 75.1 cm³/mol. The fourth-order valence-corrected chi connectivity index (χ4v) is 2.61. The summed E-state index contributed by atoms with van der Waals surface area (Å²) in [5.74, 6) is 1.06. The predicted octanol–water partition coefficient (Wildman–Crippen LogP) is 2.68. The molecule has 0 aromatic heterocycles. The molecule has 1 aromatic carbocycles. The number of ether oxygens (including phenoxy) is 1. The van der Waals surface area contributed by atoms with E-state index < -0.39 is 0 Å². The SMILES string of the molecule is CCOc1ccc(C(C)N2CC(S)CC2=O)cc1. The van der Waals surface area contributed by atoms with Gasteiger partial charge in [-0.25, -0.2) is 0 Å². The highest BCUT2D eigenvalue weighted by Crippen LogP contribution is 2.28. The number of carbonyl (C=O) groups is 1. The van der Waals surface area contributed by atoms with Crippen molar-refractivity contribution in [2.24, 2.45) is 0 Å². The van der Waals surface area contributed by atoms with E-state index in [4.69, 9.17) is 4.74 Å². The van der Waals surface area contributed by atoms with E-state index in [9.17, 15) is 4.79 Å². The van der Waals surface area contributed by atoms with Gasteiger partial charge >= 0.3 is 0 Å². The molecule has 2 rings (SSSR count). The van der Waals surface area contributed by atoms with Crippen molar-refractivity contribution in [2.75, 3.05) is 13.2 Å². The van der Waals surface area contributed by atoms with Gasteiger partial charge in [-0.1, -0.05) is 12.1 Å². The quantitative estimate of drug-likeness (QED) is 0.848. The molecule has 18 heavy (non-hydrogen) atoms. The third-order valence-electron chi connectivity index (χ3n) is 3.28. The molecule has 0 N–H and O–H groups in total. The van der Waals surface area contributed by atoms with Gasteiger partial charge in [0.15, 0.2) is 0 Å². The average Bonchev–Trinajstić information content (AvgIpc) is 2.69. The second-order valence-electron chi connectivity index (χ2n) is 4.58. The van der Waals surface area contributed by atoms with Crippen LogP contribution in [0.2, 0.25) is 0 Å². The van der Waals surface area contributed by atoms with Gasteiger partial charge in [-0.2, -0.15) is 12.6 Å². The Morgan fingerprint density at radius 1 is 1.44 bits per heavy atom. The summed E-state index contributed by atoms with van der Waals surface area (Å²) in [5, 5.41) is 0.169. The van der Waals surface area contributed by atoms with Crippen molar-refractivity contribution in [1.82, 2.24) is 4.90 Å². The summed E-state index contributed by atoms with van der Waals surface area (Å²) in [4.78, 5) is 13.7. The fraction of sp³-hybridized carbons (Fsp3) is 0.500. The molecule has 2 unspecified atom stereocenters. The van der Waals surface area contributed by atoms with Gasteiger partial charge in [0.05, 0.1) is 12.6 Å². The van der Waals surface area contributed by atoms with Gasteiger partial charge < -0.3 is 9.64 Å². The first kappa shape index (κ1) is 13.3. The molecule has 1 fully saturated rings. The van der Waals surface area contributed by atoms with Gasteiger partial charge in [0.2, 0.25) is 5.91 Å². The van der Waals surface area contributed by atoms with Gasteiger partial charge in [-0.3, -0.25) is 4.79 Å². The molecule has 1 aromatic rings. The van der Waals surface area contributed by atoms with Crippen LogP contribution in [0.4, 0.5) is 0 Å². The summed E-state index contributed by atoms with van der Waals surface area (Å²) >= 11 is 4.38. The second-order valence-corrected chi connectivity index (χ2v) is 5.31. The van der Waals surface area contributed by atoms with E-state index in [1.54, 1.807) is 0 Å². The van der Waals surface area contributed by atoms with Crippen LogP contribution in [0, 0.1) is 0 Å². The maximum absolute atomic E-state index is 11.8. The lowest BCUT2D eigenvalue weighted by atomic mass is 10.1. The highest BCUT2D eigenvalue weighted by atomic mass is 32.1. The minimum Gasteiger partial charge on any atom is -0.494 e. The number of benzene rings is 1. The van der Waals surface area contributed by atoms with Gasteiger partial charge in [-0.05, 0) is 31.5 Å². The summed E-state index contributed by atoms with van der Waals surface area (Å²) in [7, 11) is 0. The molecule has 1 heterocycles. The standard InChI is InChI=1S/C14H19NO2S/c1-3-17-12-6-4-11(5-7-12)10(2)15-9-13(18)8-14(15)16/h4-7,10,13,18H,3,8-9H2,1-2H3. The van der Waals surface area contributed by atoms with E-state index in [0.29, 0.717) is 13.0 Å². The Morgan fingerprint density at radius 2 is 2.11 bits per heavy atom. The molecule has 0 saturated carbocycles. The van der Waals surface area contributed by atoms with Crippen molar-refractivity contribution in [1.29, 1.82) is 0 Å². The van der Waals surface area contributed by atoms with Crippen molar-refractivity contribution in [3.8, 4) is 5.75 Å². The van der Waals surface area contributed by atoms with E-state index in [0.717, 1.165) is 17.9 Å². The Kier molecular flexibility index (Phi) is 4.17. The molecular weight excluding hydrogens is 246 g/mol.